The molecule has 0 aliphatic rings. The highest BCUT2D eigenvalue weighted by Crippen LogP contribution is 2.18. The van der Waals surface area contributed by atoms with Crippen molar-refractivity contribution >= 4 is 27.7 Å². The van der Waals surface area contributed by atoms with E-state index in [-0.39, 0.29) is 11.9 Å². The molecule has 2 N–H and O–H groups in total. The SMILES string of the molecule is CNC(=O)C(C)Nc1ncccc1Br. The van der Waals surface area contributed by atoms with Gasteiger partial charge in [-0.3, -0.25) is 4.79 Å². The van der Waals surface area contributed by atoms with E-state index in [2.05, 4.69) is 31.5 Å². The summed E-state index contributed by atoms with van der Waals surface area (Å²) in [5.41, 5.74) is 0. The number of pyridine rings is 1. The minimum atomic E-state index is -0.300. The zero-order valence-electron chi connectivity index (χ0n) is 8.04. The van der Waals surface area contributed by atoms with Crippen LogP contribution in [0.25, 0.3) is 0 Å². The highest BCUT2D eigenvalue weighted by atomic mass is 79.9. The van der Waals surface area contributed by atoms with Crippen LogP contribution in [0.15, 0.2) is 22.8 Å². The topological polar surface area (TPSA) is 54.0 Å². The van der Waals surface area contributed by atoms with Gasteiger partial charge in [0.05, 0.1) is 4.47 Å². The van der Waals surface area contributed by atoms with Crippen LogP contribution < -0.4 is 10.6 Å². The van der Waals surface area contributed by atoms with Gasteiger partial charge in [-0.1, -0.05) is 0 Å². The summed E-state index contributed by atoms with van der Waals surface area (Å²) in [4.78, 5) is 15.3. The zero-order valence-corrected chi connectivity index (χ0v) is 9.63. The number of carbonyl (C=O) groups is 1. The number of likely N-dealkylation sites (N-methyl/N-ethyl adjacent to an activating group) is 1. The summed E-state index contributed by atoms with van der Waals surface area (Å²) in [6, 6.07) is 3.39. The lowest BCUT2D eigenvalue weighted by molar-refractivity contribution is -0.121. The molecule has 1 aromatic heterocycles. The molecule has 0 aromatic carbocycles. The highest BCUT2D eigenvalue weighted by Gasteiger charge is 2.11. The fourth-order valence-corrected chi connectivity index (χ4v) is 1.35. The third kappa shape index (κ3) is 2.70. The van der Waals surface area contributed by atoms with E-state index in [1.54, 1.807) is 20.2 Å². The Bertz CT molecular complexity index is 330. The van der Waals surface area contributed by atoms with E-state index in [1.807, 2.05) is 12.1 Å². The Kier molecular flexibility index (Phi) is 3.88. The molecule has 14 heavy (non-hydrogen) atoms. The lowest BCUT2D eigenvalue weighted by atomic mass is 10.3. The van der Waals surface area contributed by atoms with Crippen LogP contribution >= 0.6 is 15.9 Å². The normalized spacial score (nSPS) is 11.9. The maximum absolute atomic E-state index is 11.2. The van der Waals surface area contributed by atoms with Crippen LogP contribution in [0.3, 0.4) is 0 Å². The standard InChI is InChI=1S/C9H12BrN3O/c1-6(9(14)11-2)13-8-7(10)4-3-5-12-8/h3-6H,1-2H3,(H,11,14)(H,12,13). The van der Waals surface area contributed by atoms with E-state index in [4.69, 9.17) is 0 Å². The number of nitrogens with zero attached hydrogens (tertiary/aromatic N) is 1. The van der Waals surface area contributed by atoms with Gasteiger partial charge in [0.1, 0.15) is 11.9 Å². The van der Waals surface area contributed by atoms with Crippen LogP contribution in [0.2, 0.25) is 0 Å². The second kappa shape index (κ2) is 4.95. The van der Waals surface area contributed by atoms with Crippen LogP contribution in [-0.4, -0.2) is 24.0 Å². The molecule has 0 bridgehead atoms. The van der Waals surface area contributed by atoms with Crippen LogP contribution in [0, 0.1) is 0 Å². The largest absolute Gasteiger partial charge is 0.358 e. The average Bonchev–Trinajstić information content (AvgIpc) is 2.20. The van der Waals surface area contributed by atoms with Gasteiger partial charge in [-0.05, 0) is 35.0 Å². The summed E-state index contributed by atoms with van der Waals surface area (Å²) in [7, 11) is 1.61. The van der Waals surface area contributed by atoms with Crippen molar-refractivity contribution in [3.8, 4) is 0 Å². The number of hydrogen-bond donors (Lipinski definition) is 2. The number of nitrogens with one attached hydrogen (secondary N) is 2. The Morgan fingerprint density at radius 2 is 2.36 bits per heavy atom. The number of halogens is 1. The maximum atomic E-state index is 11.2. The zero-order chi connectivity index (χ0) is 10.6. The first kappa shape index (κ1) is 11.0. The number of amides is 1. The molecule has 0 saturated heterocycles. The third-order valence-electron chi connectivity index (χ3n) is 1.75. The van der Waals surface area contributed by atoms with Gasteiger partial charge in [0, 0.05) is 13.2 Å². The van der Waals surface area contributed by atoms with E-state index in [0.717, 1.165) is 4.47 Å². The van der Waals surface area contributed by atoms with Gasteiger partial charge < -0.3 is 10.6 Å². The van der Waals surface area contributed by atoms with Gasteiger partial charge in [0.25, 0.3) is 0 Å². The minimum absolute atomic E-state index is 0.0671. The first-order chi connectivity index (χ1) is 6.65. The quantitative estimate of drug-likeness (QED) is 0.861. The van der Waals surface area contributed by atoms with Crippen molar-refractivity contribution in [1.29, 1.82) is 0 Å². The Hall–Kier alpha value is -1.10. The van der Waals surface area contributed by atoms with Crippen molar-refractivity contribution in [2.75, 3.05) is 12.4 Å². The Morgan fingerprint density at radius 1 is 1.64 bits per heavy atom. The molecule has 0 spiro atoms. The molecule has 1 unspecified atom stereocenters. The number of hydrogen-bond acceptors (Lipinski definition) is 3. The molecule has 1 amide bonds. The Morgan fingerprint density at radius 3 is 2.93 bits per heavy atom. The van der Waals surface area contributed by atoms with E-state index in [0.29, 0.717) is 5.82 Å². The monoisotopic (exact) mass is 257 g/mol. The fourth-order valence-electron chi connectivity index (χ4n) is 0.979. The van der Waals surface area contributed by atoms with Crippen LogP contribution in [0.4, 0.5) is 5.82 Å². The molecule has 1 aromatic rings. The van der Waals surface area contributed by atoms with Crippen molar-refractivity contribution in [1.82, 2.24) is 10.3 Å². The van der Waals surface area contributed by atoms with Crippen LogP contribution in [-0.2, 0) is 4.79 Å². The molecule has 1 rings (SSSR count). The highest BCUT2D eigenvalue weighted by molar-refractivity contribution is 9.10. The average molecular weight is 258 g/mol. The number of rotatable bonds is 3. The minimum Gasteiger partial charge on any atom is -0.358 e. The van der Waals surface area contributed by atoms with Crippen molar-refractivity contribution < 1.29 is 4.79 Å². The second-order valence-corrected chi connectivity index (χ2v) is 3.67. The summed E-state index contributed by atoms with van der Waals surface area (Å²) in [5, 5.41) is 5.55. The molecule has 1 heterocycles. The maximum Gasteiger partial charge on any atom is 0.241 e. The molecule has 0 fully saturated rings. The number of aromatic nitrogens is 1. The molecule has 76 valence electrons. The molecule has 0 saturated carbocycles. The van der Waals surface area contributed by atoms with Crippen LogP contribution in [0.1, 0.15) is 6.92 Å². The summed E-state index contributed by atoms with van der Waals surface area (Å²) in [6.45, 7) is 1.78. The van der Waals surface area contributed by atoms with Crippen LogP contribution in [0.5, 0.6) is 0 Å². The molecular weight excluding hydrogens is 246 g/mol. The van der Waals surface area contributed by atoms with Crippen molar-refractivity contribution in [2.24, 2.45) is 0 Å². The van der Waals surface area contributed by atoms with E-state index in [9.17, 15) is 4.79 Å². The van der Waals surface area contributed by atoms with Crippen molar-refractivity contribution in [2.45, 2.75) is 13.0 Å². The van der Waals surface area contributed by atoms with E-state index in [1.165, 1.54) is 0 Å². The lowest BCUT2D eigenvalue weighted by Crippen LogP contribution is -2.35. The number of anilines is 1. The molecule has 1 atom stereocenters. The summed E-state index contributed by atoms with van der Waals surface area (Å²) >= 11 is 3.34. The summed E-state index contributed by atoms with van der Waals surface area (Å²) in [5.74, 6) is 0.603. The lowest BCUT2D eigenvalue weighted by Gasteiger charge is -2.13. The predicted octanol–water partition coefficient (Wildman–Crippen LogP) is 1.39. The van der Waals surface area contributed by atoms with Gasteiger partial charge in [-0.25, -0.2) is 4.98 Å². The fraction of sp³-hybridized carbons (Fsp3) is 0.333. The molecular formula is C9H12BrN3O. The third-order valence-corrected chi connectivity index (χ3v) is 2.39. The molecule has 0 radical (unpaired) electrons. The predicted molar refractivity (Wildman–Crippen MR) is 59.1 cm³/mol. The van der Waals surface area contributed by atoms with Gasteiger partial charge >= 0.3 is 0 Å². The Labute approximate surface area is 91.2 Å². The molecule has 0 aliphatic carbocycles. The van der Waals surface area contributed by atoms with Gasteiger partial charge in [-0.2, -0.15) is 0 Å². The molecule has 5 heteroatoms. The smallest absolute Gasteiger partial charge is 0.241 e. The summed E-state index contributed by atoms with van der Waals surface area (Å²) in [6.07, 6.45) is 1.67. The summed E-state index contributed by atoms with van der Waals surface area (Å²) < 4.78 is 0.843. The van der Waals surface area contributed by atoms with Gasteiger partial charge in [-0.15, -0.1) is 0 Å². The molecule has 4 nitrogen and oxygen atoms in total. The van der Waals surface area contributed by atoms with Gasteiger partial charge in [0.2, 0.25) is 5.91 Å². The Balaban J connectivity index is 2.69. The number of carbonyl (C=O) groups excluding carboxylic acids is 1. The van der Waals surface area contributed by atoms with Crippen molar-refractivity contribution in [3.05, 3.63) is 22.8 Å². The van der Waals surface area contributed by atoms with Gasteiger partial charge in [0.15, 0.2) is 0 Å². The first-order valence-corrected chi connectivity index (χ1v) is 5.03. The van der Waals surface area contributed by atoms with E-state index < -0.39 is 0 Å². The first-order valence-electron chi connectivity index (χ1n) is 4.23. The second-order valence-electron chi connectivity index (χ2n) is 2.81. The van der Waals surface area contributed by atoms with Crippen molar-refractivity contribution in [3.63, 3.8) is 0 Å². The molecule has 0 aliphatic heterocycles. The van der Waals surface area contributed by atoms with E-state index >= 15 is 0 Å².